The zero-order valence-electron chi connectivity index (χ0n) is 12.3. The molecule has 0 fully saturated rings. The van der Waals surface area contributed by atoms with Crippen LogP contribution in [-0.4, -0.2) is 41.0 Å². The minimum Gasteiger partial charge on any atom is -0.329 e. The summed E-state index contributed by atoms with van der Waals surface area (Å²) in [6, 6.07) is 12.0. The van der Waals surface area contributed by atoms with Gasteiger partial charge in [0.1, 0.15) is 0 Å². The molecule has 0 radical (unpaired) electrons. The first-order chi connectivity index (χ1) is 10.4. The molecule has 5 nitrogen and oxygen atoms in total. The van der Waals surface area contributed by atoms with Crippen LogP contribution in [0.5, 0.6) is 0 Å². The lowest BCUT2D eigenvalue weighted by Gasteiger charge is -2.21. The molecular formula is C16H23N5. The van der Waals surface area contributed by atoms with Crippen molar-refractivity contribution >= 4 is 0 Å². The van der Waals surface area contributed by atoms with E-state index in [0.717, 1.165) is 44.1 Å². The van der Waals surface area contributed by atoms with E-state index in [2.05, 4.69) is 20.2 Å². The van der Waals surface area contributed by atoms with E-state index in [0.29, 0.717) is 6.54 Å². The van der Waals surface area contributed by atoms with Crippen LogP contribution < -0.4 is 11.1 Å². The summed E-state index contributed by atoms with van der Waals surface area (Å²) >= 11 is 0. The van der Waals surface area contributed by atoms with Crippen LogP contribution in [0.2, 0.25) is 0 Å². The lowest BCUT2D eigenvalue weighted by Crippen LogP contribution is -2.35. The minimum atomic E-state index is 0.660. The smallest absolute Gasteiger partial charge is 0.0543 e. The normalized spacial score (nSPS) is 11.0. The number of aromatic nitrogens is 2. The van der Waals surface area contributed by atoms with Crippen LogP contribution in [0.15, 0.2) is 48.8 Å². The second kappa shape index (κ2) is 9.18. The molecule has 0 aliphatic heterocycles. The monoisotopic (exact) mass is 285 g/mol. The second-order valence-electron chi connectivity index (χ2n) is 4.88. The van der Waals surface area contributed by atoms with E-state index < -0.39 is 0 Å². The fraction of sp³-hybridized carbons (Fsp3) is 0.375. The first-order valence-corrected chi connectivity index (χ1v) is 7.31. The second-order valence-corrected chi connectivity index (χ2v) is 4.88. The van der Waals surface area contributed by atoms with Gasteiger partial charge in [-0.1, -0.05) is 12.1 Å². The summed E-state index contributed by atoms with van der Waals surface area (Å²) < 4.78 is 0. The van der Waals surface area contributed by atoms with Gasteiger partial charge in [-0.3, -0.25) is 14.9 Å². The number of rotatable bonds is 9. The SMILES string of the molecule is NCCN(CCNCc1ccccn1)Cc1ccccn1. The van der Waals surface area contributed by atoms with E-state index >= 15 is 0 Å². The van der Waals surface area contributed by atoms with Crippen molar-refractivity contribution in [1.29, 1.82) is 0 Å². The molecule has 2 rings (SSSR count). The molecule has 2 aromatic heterocycles. The summed E-state index contributed by atoms with van der Waals surface area (Å²) in [4.78, 5) is 11.0. The summed E-state index contributed by atoms with van der Waals surface area (Å²) in [7, 11) is 0. The van der Waals surface area contributed by atoms with Crippen molar-refractivity contribution in [1.82, 2.24) is 20.2 Å². The largest absolute Gasteiger partial charge is 0.329 e. The summed E-state index contributed by atoms with van der Waals surface area (Å²) in [6.45, 7) is 5.02. The van der Waals surface area contributed by atoms with Gasteiger partial charge in [0.2, 0.25) is 0 Å². The summed E-state index contributed by atoms with van der Waals surface area (Å²) in [5.74, 6) is 0. The molecule has 112 valence electrons. The maximum Gasteiger partial charge on any atom is 0.0543 e. The quantitative estimate of drug-likeness (QED) is 0.674. The molecule has 0 saturated heterocycles. The predicted octanol–water partition coefficient (Wildman–Crippen LogP) is 1.03. The van der Waals surface area contributed by atoms with Crippen molar-refractivity contribution in [3.8, 4) is 0 Å². The maximum atomic E-state index is 5.69. The Balaban J connectivity index is 1.72. The zero-order chi connectivity index (χ0) is 14.8. The topological polar surface area (TPSA) is 67.1 Å². The van der Waals surface area contributed by atoms with Crippen LogP contribution in [-0.2, 0) is 13.1 Å². The van der Waals surface area contributed by atoms with Gasteiger partial charge >= 0.3 is 0 Å². The third-order valence-electron chi connectivity index (χ3n) is 3.19. The lowest BCUT2D eigenvalue weighted by molar-refractivity contribution is 0.269. The molecule has 2 heterocycles. The van der Waals surface area contributed by atoms with Crippen LogP contribution in [0.1, 0.15) is 11.4 Å². The highest BCUT2D eigenvalue weighted by Gasteiger charge is 2.05. The summed E-state index contributed by atoms with van der Waals surface area (Å²) in [6.07, 6.45) is 3.65. The number of hydrogen-bond donors (Lipinski definition) is 2. The Morgan fingerprint density at radius 3 is 2.29 bits per heavy atom. The number of nitrogens with one attached hydrogen (secondary N) is 1. The Morgan fingerprint density at radius 2 is 1.67 bits per heavy atom. The van der Waals surface area contributed by atoms with E-state index in [9.17, 15) is 0 Å². The molecule has 0 aliphatic carbocycles. The zero-order valence-corrected chi connectivity index (χ0v) is 12.3. The van der Waals surface area contributed by atoms with Crippen molar-refractivity contribution < 1.29 is 0 Å². The fourth-order valence-corrected chi connectivity index (χ4v) is 2.13. The molecule has 0 saturated carbocycles. The third-order valence-corrected chi connectivity index (χ3v) is 3.19. The highest BCUT2D eigenvalue weighted by molar-refractivity contribution is 5.04. The number of nitrogens with two attached hydrogens (primary N) is 1. The predicted molar refractivity (Wildman–Crippen MR) is 84.5 cm³/mol. The van der Waals surface area contributed by atoms with Gasteiger partial charge in [-0.05, 0) is 24.3 Å². The standard InChI is InChI=1S/C16H23N5/c17-7-11-21(14-16-6-2-4-9-20-16)12-10-18-13-15-5-1-3-8-19-15/h1-6,8-9,18H,7,10-14,17H2. The average molecular weight is 285 g/mol. The van der Waals surface area contributed by atoms with Crippen LogP contribution in [0.3, 0.4) is 0 Å². The molecule has 0 unspecified atom stereocenters. The molecule has 0 amide bonds. The first-order valence-electron chi connectivity index (χ1n) is 7.31. The van der Waals surface area contributed by atoms with Gasteiger partial charge in [-0.25, -0.2) is 0 Å². The maximum absolute atomic E-state index is 5.69. The van der Waals surface area contributed by atoms with Crippen LogP contribution in [0.4, 0.5) is 0 Å². The van der Waals surface area contributed by atoms with Gasteiger partial charge in [-0.15, -0.1) is 0 Å². The molecule has 0 bridgehead atoms. The highest BCUT2D eigenvalue weighted by atomic mass is 15.1. The van der Waals surface area contributed by atoms with Crippen molar-refractivity contribution in [2.24, 2.45) is 5.73 Å². The van der Waals surface area contributed by atoms with Gasteiger partial charge in [0.15, 0.2) is 0 Å². The minimum absolute atomic E-state index is 0.660. The summed E-state index contributed by atoms with van der Waals surface area (Å²) in [5.41, 5.74) is 7.83. The molecule has 0 aliphatic rings. The van der Waals surface area contributed by atoms with Crippen molar-refractivity contribution in [2.45, 2.75) is 13.1 Å². The molecule has 0 spiro atoms. The molecule has 21 heavy (non-hydrogen) atoms. The van der Waals surface area contributed by atoms with Gasteiger partial charge in [0.05, 0.1) is 11.4 Å². The molecule has 0 aromatic carbocycles. The van der Waals surface area contributed by atoms with Gasteiger partial charge in [0.25, 0.3) is 0 Å². The Kier molecular flexibility index (Phi) is 6.80. The number of pyridine rings is 2. The Bertz CT molecular complexity index is 489. The highest BCUT2D eigenvalue weighted by Crippen LogP contribution is 2.00. The van der Waals surface area contributed by atoms with Crippen molar-refractivity contribution in [3.05, 3.63) is 60.2 Å². The molecule has 5 heteroatoms. The molecule has 2 aromatic rings. The average Bonchev–Trinajstić information content (AvgIpc) is 2.54. The molecule has 0 atom stereocenters. The van der Waals surface area contributed by atoms with E-state index in [4.69, 9.17) is 5.73 Å². The van der Waals surface area contributed by atoms with Gasteiger partial charge in [-0.2, -0.15) is 0 Å². The van der Waals surface area contributed by atoms with Crippen LogP contribution >= 0.6 is 0 Å². The van der Waals surface area contributed by atoms with Crippen LogP contribution in [0.25, 0.3) is 0 Å². The van der Waals surface area contributed by atoms with E-state index in [-0.39, 0.29) is 0 Å². The molecule has 3 N–H and O–H groups in total. The van der Waals surface area contributed by atoms with Crippen molar-refractivity contribution in [3.63, 3.8) is 0 Å². The first kappa shape index (κ1) is 15.6. The number of hydrogen-bond acceptors (Lipinski definition) is 5. The third kappa shape index (κ3) is 5.99. The van der Waals surface area contributed by atoms with Gasteiger partial charge in [0, 0.05) is 51.7 Å². The number of nitrogens with zero attached hydrogens (tertiary/aromatic N) is 3. The van der Waals surface area contributed by atoms with Gasteiger partial charge < -0.3 is 11.1 Å². The van der Waals surface area contributed by atoms with E-state index in [1.54, 1.807) is 0 Å². The van der Waals surface area contributed by atoms with Crippen LogP contribution in [0, 0.1) is 0 Å². The molecular weight excluding hydrogens is 262 g/mol. The van der Waals surface area contributed by atoms with E-state index in [1.165, 1.54) is 0 Å². The Labute approximate surface area is 126 Å². The van der Waals surface area contributed by atoms with E-state index in [1.807, 2.05) is 48.8 Å². The summed E-state index contributed by atoms with van der Waals surface area (Å²) in [5, 5.41) is 3.41. The fourth-order valence-electron chi connectivity index (χ4n) is 2.13. The van der Waals surface area contributed by atoms with Crippen molar-refractivity contribution in [2.75, 3.05) is 26.2 Å². The Morgan fingerprint density at radius 1 is 0.952 bits per heavy atom. The Hall–Kier alpha value is -1.82. The lowest BCUT2D eigenvalue weighted by atomic mass is 10.3.